The molecule has 0 aromatic carbocycles. The van der Waals surface area contributed by atoms with Crippen molar-refractivity contribution in [1.29, 1.82) is 0 Å². The Morgan fingerprint density at radius 3 is 2.36 bits per heavy atom. The zero-order chi connectivity index (χ0) is 10.8. The van der Waals surface area contributed by atoms with Gasteiger partial charge in [0.25, 0.3) is 0 Å². The molecule has 1 atom stereocenters. The predicted molar refractivity (Wildman–Crippen MR) is 58.1 cm³/mol. The number of carbonyl (C=O) groups is 2. The molecule has 2 heteroatoms. The Hall–Kier alpha value is -0.920. The van der Waals surface area contributed by atoms with Crippen LogP contribution in [0.5, 0.6) is 0 Å². The lowest BCUT2D eigenvalue weighted by molar-refractivity contribution is -0.112. The van der Waals surface area contributed by atoms with Crippen LogP contribution in [0.25, 0.3) is 0 Å². The highest BCUT2D eigenvalue weighted by Gasteiger charge is 2.05. The average Bonchev–Trinajstić information content (AvgIpc) is 2.16. The van der Waals surface area contributed by atoms with E-state index in [0.29, 0.717) is 12.8 Å². The van der Waals surface area contributed by atoms with E-state index in [4.69, 9.17) is 0 Å². The maximum atomic E-state index is 10.6. The lowest BCUT2D eigenvalue weighted by atomic mass is 9.98. The third-order valence-corrected chi connectivity index (χ3v) is 2.18. The summed E-state index contributed by atoms with van der Waals surface area (Å²) in [5.41, 5.74) is 1.32. The minimum Gasteiger partial charge on any atom is -0.303 e. The molecule has 14 heavy (non-hydrogen) atoms. The van der Waals surface area contributed by atoms with E-state index in [-0.39, 0.29) is 5.92 Å². The summed E-state index contributed by atoms with van der Waals surface area (Å²) in [6.45, 7) is 4.15. The lowest BCUT2D eigenvalue weighted by Crippen LogP contribution is -2.02. The molecular formula is C12H20O2. The van der Waals surface area contributed by atoms with E-state index in [1.807, 2.05) is 0 Å². The van der Waals surface area contributed by atoms with Crippen LogP contribution in [0.4, 0.5) is 0 Å². The van der Waals surface area contributed by atoms with Crippen molar-refractivity contribution in [3.63, 3.8) is 0 Å². The smallest absolute Gasteiger partial charge is 0.123 e. The minimum absolute atomic E-state index is 0.0748. The summed E-state index contributed by atoms with van der Waals surface area (Å²) in [6, 6.07) is 0. The lowest BCUT2D eigenvalue weighted by Gasteiger charge is -2.06. The summed E-state index contributed by atoms with van der Waals surface area (Å²) >= 11 is 0. The van der Waals surface area contributed by atoms with Crippen LogP contribution in [0.3, 0.4) is 0 Å². The van der Waals surface area contributed by atoms with Crippen molar-refractivity contribution in [2.24, 2.45) is 5.92 Å². The first-order valence-electron chi connectivity index (χ1n) is 5.23. The predicted octanol–water partition coefficient (Wildman–Crippen LogP) is 2.92. The fraction of sp³-hybridized carbons (Fsp3) is 0.667. The number of hydrogen-bond acceptors (Lipinski definition) is 2. The molecule has 0 saturated heterocycles. The summed E-state index contributed by atoms with van der Waals surface area (Å²) in [6.07, 6.45) is 8.23. The van der Waals surface area contributed by atoms with E-state index >= 15 is 0 Å². The van der Waals surface area contributed by atoms with Crippen LogP contribution in [-0.4, -0.2) is 12.6 Å². The molecule has 0 aromatic rings. The van der Waals surface area contributed by atoms with Crippen LogP contribution < -0.4 is 0 Å². The monoisotopic (exact) mass is 196 g/mol. The zero-order valence-electron chi connectivity index (χ0n) is 9.16. The SMILES string of the molecule is CC(C)=CCCCC(C=O)CCC=O. The van der Waals surface area contributed by atoms with Gasteiger partial charge in [-0.25, -0.2) is 0 Å². The summed E-state index contributed by atoms with van der Waals surface area (Å²) < 4.78 is 0. The minimum atomic E-state index is 0.0748. The van der Waals surface area contributed by atoms with Gasteiger partial charge in [-0.05, 0) is 39.5 Å². The van der Waals surface area contributed by atoms with Crippen LogP contribution in [0.1, 0.15) is 46.0 Å². The molecule has 0 heterocycles. The third kappa shape index (κ3) is 7.71. The van der Waals surface area contributed by atoms with E-state index in [9.17, 15) is 9.59 Å². The van der Waals surface area contributed by atoms with Gasteiger partial charge in [0, 0.05) is 12.3 Å². The largest absolute Gasteiger partial charge is 0.303 e. The number of rotatable bonds is 8. The van der Waals surface area contributed by atoms with Crippen LogP contribution in [0.2, 0.25) is 0 Å². The van der Waals surface area contributed by atoms with Crippen molar-refractivity contribution >= 4 is 12.6 Å². The maximum Gasteiger partial charge on any atom is 0.123 e. The Bertz CT molecular complexity index is 190. The van der Waals surface area contributed by atoms with E-state index in [0.717, 1.165) is 31.8 Å². The Morgan fingerprint density at radius 1 is 1.14 bits per heavy atom. The van der Waals surface area contributed by atoms with Crippen LogP contribution in [0, 0.1) is 5.92 Å². The van der Waals surface area contributed by atoms with Gasteiger partial charge >= 0.3 is 0 Å². The first-order chi connectivity index (χ1) is 6.70. The average molecular weight is 196 g/mol. The van der Waals surface area contributed by atoms with Crippen molar-refractivity contribution < 1.29 is 9.59 Å². The van der Waals surface area contributed by atoms with Gasteiger partial charge in [0.05, 0.1) is 0 Å². The molecule has 0 aliphatic carbocycles. The second-order valence-corrected chi connectivity index (χ2v) is 3.85. The highest BCUT2D eigenvalue weighted by atomic mass is 16.1. The van der Waals surface area contributed by atoms with Gasteiger partial charge in [-0.15, -0.1) is 0 Å². The molecule has 0 aliphatic rings. The zero-order valence-corrected chi connectivity index (χ0v) is 9.16. The molecule has 2 nitrogen and oxygen atoms in total. The van der Waals surface area contributed by atoms with Crippen molar-refractivity contribution in [3.05, 3.63) is 11.6 Å². The standard InChI is InChI=1S/C12H20O2/c1-11(2)6-3-4-7-12(10-14)8-5-9-13/h6,9-10,12H,3-5,7-8H2,1-2H3. The van der Waals surface area contributed by atoms with Crippen molar-refractivity contribution in [1.82, 2.24) is 0 Å². The Labute approximate surface area is 86.4 Å². The number of carbonyl (C=O) groups excluding carboxylic acids is 2. The van der Waals surface area contributed by atoms with Gasteiger partial charge in [-0.2, -0.15) is 0 Å². The normalized spacial score (nSPS) is 11.9. The van der Waals surface area contributed by atoms with Crippen molar-refractivity contribution in [2.45, 2.75) is 46.0 Å². The topological polar surface area (TPSA) is 34.1 Å². The van der Waals surface area contributed by atoms with Crippen LogP contribution in [-0.2, 0) is 9.59 Å². The molecule has 0 N–H and O–H groups in total. The van der Waals surface area contributed by atoms with Gasteiger partial charge in [0.1, 0.15) is 12.6 Å². The molecule has 0 amide bonds. The summed E-state index contributed by atoms with van der Waals surface area (Å²) in [4.78, 5) is 20.7. The van der Waals surface area contributed by atoms with Crippen LogP contribution in [0.15, 0.2) is 11.6 Å². The molecule has 0 aromatic heterocycles. The summed E-state index contributed by atoms with van der Waals surface area (Å²) in [5.74, 6) is 0.0748. The Kier molecular flexibility index (Phi) is 8.10. The first kappa shape index (κ1) is 13.1. The van der Waals surface area contributed by atoms with Gasteiger partial charge in [-0.3, -0.25) is 0 Å². The highest BCUT2D eigenvalue weighted by molar-refractivity contribution is 5.55. The molecule has 0 fully saturated rings. The van der Waals surface area contributed by atoms with E-state index in [2.05, 4.69) is 19.9 Å². The number of hydrogen-bond donors (Lipinski definition) is 0. The molecule has 0 aliphatic heterocycles. The number of unbranched alkanes of at least 4 members (excludes halogenated alkanes) is 1. The van der Waals surface area contributed by atoms with E-state index in [1.54, 1.807) is 0 Å². The van der Waals surface area contributed by atoms with Gasteiger partial charge in [-0.1, -0.05) is 11.6 Å². The maximum absolute atomic E-state index is 10.6. The number of aldehydes is 2. The third-order valence-electron chi connectivity index (χ3n) is 2.18. The van der Waals surface area contributed by atoms with Gasteiger partial charge in [0.15, 0.2) is 0 Å². The summed E-state index contributed by atoms with van der Waals surface area (Å²) in [7, 11) is 0. The van der Waals surface area contributed by atoms with Gasteiger partial charge in [0.2, 0.25) is 0 Å². The fourth-order valence-corrected chi connectivity index (χ4v) is 1.33. The Morgan fingerprint density at radius 2 is 1.86 bits per heavy atom. The quantitative estimate of drug-likeness (QED) is 0.340. The summed E-state index contributed by atoms with van der Waals surface area (Å²) in [5, 5.41) is 0. The second kappa shape index (κ2) is 8.67. The molecule has 1 unspecified atom stereocenters. The highest BCUT2D eigenvalue weighted by Crippen LogP contribution is 2.12. The molecule has 80 valence electrons. The Balaban J connectivity index is 3.57. The molecule has 0 spiro atoms. The molecule has 0 radical (unpaired) electrons. The van der Waals surface area contributed by atoms with Crippen molar-refractivity contribution in [2.75, 3.05) is 0 Å². The molecule has 0 rings (SSSR count). The molecular weight excluding hydrogens is 176 g/mol. The number of allylic oxidation sites excluding steroid dienone is 2. The van der Waals surface area contributed by atoms with Crippen molar-refractivity contribution in [3.8, 4) is 0 Å². The first-order valence-corrected chi connectivity index (χ1v) is 5.23. The van der Waals surface area contributed by atoms with Crippen LogP contribution >= 0.6 is 0 Å². The van der Waals surface area contributed by atoms with E-state index < -0.39 is 0 Å². The molecule has 0 saturated carbocycles. The molecule has 0 bridgehead atoms. The van der Waals surface area contributed by atoms with Gasteiger partial charge < -0.3 is 9.59 Å². The second-order valence-electron chi connectivity index (χ2n) is 3.85. The fourth-order valence-electron chi connectivity index (χ4n) is 1.33. The van der Waals surface area contributed by atoms with E-state index in [1.165, 1.54) is 5.57 Å².